The highest BCUT2D eigenvalue weighted by Gasteiger charge is 1.92. The van der Waals surface area contributed by atoms with Gasteiger partial charge < -0.3 is 5.11 Å². The Morgan fingerprint density at radius 2 is 0.864 bits per heavy atom. The van der Waals surface area contributed by atoms with E-state index in [0.717, 1.165) is 11.8 Å². The van der Waals surface area contributed by atoms with Gasteiger partial charge in [-0.05, 0) is 23.6 Å². The summed E-state index contributed by atoms with van der Waals surface area (Å²) in [5.41, 5.74) is 0. The van der Waals surface area contributed by atoms with Crippen LogP contribution in [0.15, 0.2) is 36.4 Å². The molecule has 0 aromatic heterocycles. The van der Waals surface area contributed by atoms with Crippen molar-refractivity contribution in [3.63, 3.8) is 0 Å². The van der Waals surface area contributed by atoms with Crippen LogP contribution in [0.4, 0.5) is 0 Å². The zero-order chi connectivity index (χ0) is 15.9. The highest BCUT2D eigenvalue weighted by atomic mass is 79.9. The number of hydrogen-bond acceptors (Lipinski definition) is 1. The van der Waals surface area contributed by atoms with E-state index in [9.17, 15) is 0 Å². The first-order chi connectivity index (χ1) is 10.9. The molecule has 3 rings (SSSR count). The molecule has 0 radical (unpaired) electrons. The summed E-state index contributed by atoms with van der Waals surface area (Å²) in [5, 5.41) is 12.4. The maximum Gasteiger partial charge on any atom is 0.0431 e. The Hall–Kier alpha value is -0.600. The van der Waals surface area contributed by atoms with E-state index >= 15 is 0 Å². The summed E-state index contributed by atoms with van der Waals surface area (Å²) in [6.07, 6.45) is 13.2. The molecule has 1 N–H and O–H groups in total. The van der Waals surface area contributed by atoms with Crippen LogP contribution in [0.25, 0.3) is 10.8 Å². The van der Waals surface area contributed by atoms with Crippen LogP contribution >= 0.6 is 15.9 Å². The molecule has 2 heteroatoms. The van der Waals surface area contributed by atoms with Crippen LogP contribution in [0.5, 0.6) is 0 Å². The predicted octanol–water partition coefficient (Wildman–Crippen LogP) is 6.55. The predicted molar refractivity (Wildman–Crippen MR) is 102 cm³/mol. The molecule has 0 heterocycles. The maximum absolute atomic E-state index is 8.59. The summed E-state index contributed by atoms with van der Waals surface area (Å²) in [7, 11) is 0. The standard InChI is InChI=1S/C12H25BrO.C8H6/c13-11-9-7-5-3-1-2-4-6-8-10-12-14;1-2-8-5-3-7(1)4-6-8/h14H,1-12H2;1-6H. The molecule has 1 nitrogen and oxygen atoms in total. The van der Waals surface area contributed by atoms with Gasteiger partial charge in [-0.2, -0.15) is 0 Å². The third-order valence-corrected chi connectivity index (χ3v) is 4.51. The molecule has 0 saturated carbocycles. The van der Waals surface area contributed by atoms with Gasteiger partial charge in [0.25, 0.3) is 0 Å². The molecule has 2 bridgehead atoms. The van der Waals surface area contributed by atoms with Crippen molar-refractivity contribution < 1.29 is 5.11 Å². The topological polar surface area (TPSA) is 20.2 Å². The molecular weight excluding hydrogens is 336 g/mol. The van der Waals surface area contributed by atoms with Crippen LogP contribution in [0.2, 0.25) is 0 Å². The van der Waals surface area contributed by atoms with Gasteiger partial charge in [0.05, 0.1) is 0 Å². The molecule has 0 amide bonds. The number of fused-ring (bicyclic) bond motifs is 3. The van der Waals surface area contributed by atoms with Crippen LogP contribution in [0.3, 0.4) is 0 Å². The summed E-state index contributed by atoms with van der Waals surface area (Å²) in [6.45, 7) is 0.368. The first-order valence-electron chi connectivity index (χ1n) is 8.82. The Labute approximate surface area is 144 Å². The average molecular weight is 367 g/mol. The molecule has 0 spiro atoms. The first kappa shape index (κ1) is 19.4. The van der Waals surface area contributed by atoms with E-state index in [1.807, 2.05) is 0 Å². The molecule has 124 valence electrons. The Balaban J connectivity index is 0.000000249. The van der Waals surface area contributed by atoms with Crippen LogP contribution < -0.4 is 0 Å². The van der Waals surface area contributed by atoms with E-state index in [0.29, 0.717) is 6.61 Å². The van der Waals surface area contributed by atoms with Crippen LogP contribution in [0.1, 0.15) is 64.2 Å². The van der Waals surface area contributed by atoms with E-state index in [-0.39, 0.29) is 0 Å². The van der Waals surface area contributed by atoms with Crippen molar-refractivity contribution in [2.75, 3.05) is 11.9 Å². The number of rotatable bonds is 11. The highest BCUT2D eigenvalue weighted by Crippen LogP contribution is 2.11. The van der Waals surface area contributed by atoms with Crippen LogP contribution in [-0.2, 0) is 0 Å². The van der Waals surface area contributed by atoms with E-state index in [4.69, 9.17) is 5.11 Å². The lowest BCUT2D eigenvalue weighted by atomic mass is 10.1. The van der Waals surface area contributed by atoms with Gasteiger partial charge in [-0.3, -0.25) is 0 Å². The average Bonchev–Trinajstić information content (AvgIpc) is 2.59. The zero-order valence-electron chi connectivity index (χ0n) is 13.8. The lowest BCUT2D eigenvalue weighted by molar-refractivity contribution is 0.282. The Morgan fingerprint density at radius 3 is 1.14 bits per heavy atom. The lowest BCUT2D eigenvalue weighted by Crippen LogP contribution is -1.84. The molecule has 3 aromatic rings. The molecule has 3 aromatic carbocycles. The van der Waals surface area contributed by atoms with Crippen molar-refractivity contribution in [2.45, 2.75) is 64.2 Å². The van der Waals surface area contributed by atoms with E-state index in [1.54, 1.807) is 0 Å². The number of halogens is 1. The maximum atomic E-state index is 8.59. The van der Waals surface area contributed by atoms with Gasteiger partial charge >= 0.3 is 0 Å². The quantitative estimate of drug-likeness (QED) is 0.353. The summed E-state index contributed by atoms with van der Waals surface area (Å²) in [6, 6.07) is 12.7. The third kappa shape index (κ3) is 10.2. The fraction of sp³-hybridized carbons (Fsp3) is 0.600. The minimum atomic E-state index is 0.368. The fourth-order valence-corrected chi connectivity index (χ4v) is 2.93. The molecule has 0 unspecified atom stereocenters. The molecule has 0 aliphatic heterocycles. The number of aliphatic hydroxyl groups excluding tert-OH is 1. The van der Waals surface area contributed by atoms with Crippen molar-refractivity contribution in [3.05, 3.63) is 36.4 Å². The fourth-order valence-electron chi connectivity index (χ4n) is 2.53. The molecule has 0 fully saturated rings. The third-order valence-electron chi connectivity index (χ3n) is 3.95. The minimum Gasteiger partial charge on any atom is -0.396 e. The summed E-state index contributed by atoms with van der Waals surface area (Å²) in [4.78, 5) is 0. The van der Waals surface area contributed by atoms with Crippen LogP contribution in [-0.4, -0.2) is 17.0 Å². The number of alkyl halides is 1. The molecule has 0 atom stereocenters. The summed E-state index contributed by atoms with van der Waals surface area (Å²) in [5.74, 6) is 0. The van der Waals surface area contributed by atoms with Gasteiger partial charge in [0.1, 0.15) is 0 Å². The lowest BCUT2D eigenvalue weighted by Gasteiger charge is -2.01. The molecule has 0 saturated heterocycles. The SMILES string of the molecule is OCCCCCCCCCCCCBr.c1cc2ccc1cc2. The van der Waals surface area contributed by atoms with E-state index in [1.165, 1.54) is 68.6 Å². The monoisotopic (exact) mass is 366 g/mol. The summed E-state index contributed by atoms with van der Waals surface area (Å²) >= 11 is 3.45. The molecular formula is C20H31BrO. The van der Waals surface area contributed by atoms with Gasteiger partial charge in [-0.1, -0.05) is 104 Å². The zero-order valence-corrected chi connectivity index (χ0v) is 15.4. The Bertz CT molecular complexity index is 354. The van der Waals surface area contributed by atoms with Crippen molar-refractivity contribution >= 4 is 26.7 Å². The van der Waals surface area contributed by atoms with Gasteiger partial charge in [0, 0.05) is 11.9 Å². The largest absolute Gasteiger partial charge is 0.396 e. The van der Waals surface area contributed by atoms with Gasteiger partial charge in [-0.25, -0.2) is 0 Å². The summed E-state index contributed by atoms with van der Waals surface area (Å²) < 4.78 is 0. The number of benzene rings is 3. The Kier molecular flexibility index (Phi) is 12.4. The van der Waals surface area contributed by atoms with E-state index < -0.39 is 0 Å². The highest BCUT2D eigenvalue weighted by molar-refractivity contribution is 9.09. The van der Waals surface area contributed by atoms with Crippen molar-refractivity contribution in [3.8, 4) is 0 Å². The van der Waals surface area contributed by atoms with Crippen molar-refractivity contribution in [2.24, 2.45) is 0 Å². The Morgan fingerprint density at radius 1 is 0.545 bits per heavy atom. The van der Waals surface area contributed by atoms with Crippen molar-refractivity contribution in [1.82, 2.24) is 0 Å². The minimum absolute atomic E-state index is 0.368. The molecule has 22 heavy (non-hydrogen) atoms. The number of hydrogen-bond donors (Lipinski definition) is 1. The van der Waals surface area contributed by atoms with Gasteiger partial charge in [0.15, 0.2) is 0 Å². The van der Waals surface area contributed by atoms with Crippen molar-refractivity contribution in [1.29, 1.82) is 0 Å². The second-order valence-corrected chi connectivity index (χ2v) is 6.74. The first-order valence-corrected chi connectivity index (χ1v) is 9.94. The second kappa shape index (κ2) is 14.0. The van der Waals surface area contributed by atoms with Gasteiger partial charge in [-0.15, -0.1) is 0 Å². The molecule has 0 aliphatic carbocycles. The molecule has 0 aliphatic rings. The van der Waals surface area contributed by atoms with Gasteiger partial charge in [0.2, 0.25) is 0 Å². The number of unbranched alkanes of at least 4 members (excludes halogenated alkanes) is 9. The van der Waals surface area contributed by atoms with Crippen LogP contribution in [0, 0.1) is 0 Å². The second-order valence-electron chi connectivity index (χ2n) is 5.95. The normalized spacial score (nSPS) is 10.6. The smallest absolute Gasteiger partial charge is 0.0431 e. The van der Waals surface area contributed by atoms with E-state index in [2.05, 4.69) is 52.3 Å². The number of aliphatic hydroxyl groups is 1.